The first-order valence-electron chi connectivity index (χ1n) is 8.86. The Hall–Kier alpha value is -2.17. The lowest BCUT2D eigenvalue weighted by atomic mass is 10.1. The van der Waals surface area contributed by atoms with E-state index in [1.165, 1.54) is 24.0 Å². The average molecular weight is 327 g/mol. The second-order valence-corrected chi connectivity index (χ2v) is 6.31. The number of nitrogens with one attached hydrogen (secondary N) is 2. The van der Waals surface area contributed by atoms with Crippen LogP contribution in [0.25, 0.3) is 0 Å². The highest BCUT2D eigenvalue weighted by Gasteiger charge is 2.11. The second kappa shape index (κ2) is 8.62. The van der Waals surface area contributed by atoms with Gasteiger partial charge in [-0.15, -0.1) is 0 Å². The fourth-order valence-electron chi connectivity index (χ4n) is 2.74. The Morgan fingerprint density at radius 2 is 1.62 bits per heavy atom. The minimum Gasteiger partial charge on any atom is -0.351 e. The first-order chi connectivity index (χ1) is 11.5. The maximum atomic E-state index is 4.56. The van der Waals surface area contributed by atoms with Crippen LogP contribution in [0.2, 0.25) is 0 Å². The molecule has 0 radical (unpaired) electrons. The lowest BCUT2D eigenvalue weighted by Crippen LogP contribution is -2.21. The summed E-state index contributed by atoms with van der Waals surface area (Å²) in [5, 5.41) is 6.81. The molecule has 2 N–H and O–H groups in total. The van der Waals surface area contributed by atoms with Crippen molar-refractivity contribution in [3.63, 3.8) is 0 Å². The Labute approximate surface area is 145 Å². The van der Waals surface area contributed by atoms with Crippen molar-refractivity contribution < 1.29 is 0 Å². The van der Waals surface area contributed by atoms with Gasteiger partial charge < -0.3 is 10.6 Å². The maximum Gasteiger partial charge on any atom is 0.232 e. The van der Waals surface area contributed by atoms with Crippen molar-refractivity contribution in [2.24, 2.45) is 0 Å². The van der Waals surface area contributed by atoms with E-state index in [1.54, 1.807) is 0 Å². The topological polar surface area (TPSA) is 62.7 Å². The van der Waals surface area contributed by atoms with Crippen LogP contribution in [-0.2, 0) is 0 Å². The molecule has 24 heavy (non-hydrogen) atoms. The standard InChI is InChI=1S/C19H29N5/c1-6-8-12-16(7-2)22-18-20-15(5)21-19(24-18)23-17-13(3)10-9-11-14(17)4/h9-11,16H,6-8,12H2,1-5H3,(H2,20,21,22,23,24). The van der Waals surface area contributed by atoms with Gasteiger partial charge in [0, 0.05) is 11.7 Å². The summed E-state index contributed by atoms with van der Waals surface area (Å²) in [7, 11) is 0. The zero-order chi connectivity index (χ0) is 17.5. The molecule has 2 aromatic rings. The summed E-state index contributed by atoms with van der Waals surface area (Å²) >= 11 is 0. The minimum atomic E-state index is 0.403. The van der Waals surface area contributed by atoms with Crippen molar-refractivity contribution in [3.8, 4) is 0 Å². The third kappa shape index (κ3) is 4.91. The number of anilines is 3. The number of para-hydroxylation sites is 1. The number of unbranched alkanes of at least 4 members (excludes halogenated alkanes) is 1. The van der Waals surface area contributed by atoms with Gasteiger partial charge in [0.05, 0.1) is 0 Å². The molecule has 1 heterocycles. The summed E-state index contributed by atoms with van der Waals surface area (Å²) in [4.78, 5) is 13.4. The molecule has 0 saturated carbocycles. The molecular weight excluding hydrogens is 298 g/mol. The van der Waals surface area contributed by atoms with E-state index >= 15 is 0 Å². The molecule has 1 aromatic heterocycles. The highest BCUT2D eigenvalue weighted by Crippen LogP contribution is 2.23. The summed E-state index contributed by atoms with van der Waals surface area (Å²) in [6.45, 7) is 10.5. The molecule has 0 aliphatic heterocycles. The highest BCUT2D eigenvalue weighted by molar-refractivity contribution is 5.63. The summed E-state index contributed by atoms with van der Waals surface area (Å²) in [6.07, 6.45) is 4.61. The lowest BCUT2D eigenvalue weighted by molar-refractivity contribution is 0.589. The maximum absolute atomic E-state index is 4.56. The number of aromatic nitrogens is 3. The van der Waals surface area contributed by atoms with Gasteiger partial charge in [-0.2, -0.15) is 15.0 Å². The van der Waals surface area contributed by atoms with E-state index in [9.17, 15) is 0 Å². The predicted molar refractivity (Wildman–Crippen MR) is 101 cm³/mol. The van der Waals surface area contributed by atoms with Gasteiger partial charge in [-0.1, -0.05) is 44.9 Å². The van der Waals surface area contributed by atoms with Gasteiger partial charge in [-0.3, -0.25) is 0 Å². The SMILES string of the molecule is CCCCC(CC)Nc1nc(C)nc(Nc2c(C)cccc2C)n1. The number of aryl methyl sites for hydroxylation is 3. The fraction of sp³-hybridized carbons (Fsp3) is 0.526. The van der Waals surface area contributed by atoms with E-state index in [4.69, 9.17) is 0 Å². The van der Waals surface area contributed by atoms with Gasteiger partial charge in [-0.25, -0.2) is 0 Å². The molecule has 5 heteroatoms. The van der Waals surface area contributed by atoms with Gasteiger partial charge in [0.25, 0.3) is 0 Å². The Kier molecular flexibility index (Phi) is 6.53. The van der Waals surface area contributed by atoms with E-state index in [0.717, 1.165) is 18.5 Å². The number of rotatable bonds is 8. The van der Waals surface area contributed by atoms with Crippen LogP contribution in [0.5, 0.6) is 0 Å². The summed E-state index contributed by atoms with van der Waals surface area (Å²) in [6, 6.07) is 6.63. The van der Waals surface area contributed by atoms with E-state index < -0.39 is 0 Å². The van der Waals surface area contributed by atoms with E-state index in [2.05, 4.69) is 71.5 Å². The third-order valence-corrected chi connectivity index (χ3v) is 4.20. The molecule has 0 saturated heterocycles. The van der Waals surface area contributed by atoms with Crippen LogP contribution in [0.15, 0.2) is 18.2 Å². The molecule has 0 aliphatic carbocycles. The molecule has 0 amide bonds. The van der Waals surface area contributed by atoms with Crippen molar-refractivity contribution in [2.45, 2.75) is 66.3 Å². The number of benzene rings is 1. The largest absolute Gasteiger partial charge is 0.351 e. The average Bonchev–Trinajstić information content (AvgIpc) is 2.54. The normalized spacial score (nSPS) is 12.0. The quantitative estimate of drug-likeness (QED) is 0.720. The van der Waals surface area contributed by atoms with Gasteiger partial charge in [0.2, 0.25) is 11.9 Å². The Balaban J connectivity index is 2.19. The zero-order valence-electron chi connectivity index (χ0n) is 15.5. The van der Waals surface area contributed by atoms with E-state index in [0.29, 0.717) is 23.8 Å². The fourth-order valence-corrected chi connectivity index (χ4v) is 2.74. The Bertz CT molecular complexity index is 649. The first kappa shape index (κ1) is 18.2. The van der Waals surface area contributed by atoms with Crippen LogP contribution < -0.4 is 10.6 Å². The van der Waals surface area contributed by atoms with Gasteiger partial charge in [0.1, 0.15) is 5.82 Å². The smallest absolute Gasteiger partial charge is 0.232 e. The molecule has 0 bridgehead atoms. The van der Waals surface area contributed by atoms with Crippen LogP contribution in [0.4, 0.5) is 17.6 Å². The first-order valence-corrected chi connectivity index (χ1v) is 8.86. The zero-order valence-corrected chi connectivity index (χ0v) is 15.5. The van der Waals surface area contributed by atoms with Crippen LogP contribution in [-0.4, -0.2) is 21.0 Å². The van der Waals surface area contributed by atoms with E-state index in [1.807, 2.05) is 6.92 Å². The summed E-state index contributed by atoms with van der Waals surface area (Å²) in [5.74, 6) is 1.96. The van der Waals surface area contributed by atoms with Crippen molar-refractivity contribution in [1.82, 2.24) is 15.0 Å². The van der Waals surface area contributed by atoms with Crippen molar-refractivity contribution >= 4 is 17.6 Å². The van der Waals surface area contributed by atoms with Gasteiger partial charge >= 0.3 is 0 Å². The van der Waals surface area contributed by atoms with Crippen molar-refractivity contribution in [1.29, 1.82) is 0 Å². The van der Waals surface area contributed by atoms with Crippen molar-refractivity contribution in [3.05, 3.63) is 35.2 Å². The van der Waals surface area contributed by atoms with Gasteiger partial charge in [0.15, 0.2) is 0 Å². The molecule has 1 atom stereocenters. The highest BCUT2D eigenvalue weighted by atomic mass is 15.2. The van der Waals surface area contributed by atoms with Crippen LogP contribution >= 0.6 is 0 Å². The second-order valence-electron chi connectivity index (χ2n) is 6.31. The molecule has 1 unspecified atom stereocenters. The molecule has 130 valence electrons. The molecule has 0 spiro atoms. The molecule has 0 fully saturated rings. The predicted octanol–water partition coefficient (Wildman–Crippen LogP) is 4.92. The Morgan fingerprint density at radius 3 is 2.25 bits per heavy atom. The molecule has 2 rings (SSSR count). The molecule has 1 aromatic carbocycles. The minimum absolute atomic E-state index is 0.403. The van der Waals surface area contributed by atoms with Crippen molar-refractivity contribution in [2.75, 3.05) is 10.6 Å². The van der Waals surface area contributed by atoms with E-state index in [-0.39, 0.29) is 0 Å². The van der Waals surface area contributed by atoms with Gasteiger partial charge in [-0.05, 0) is 44.7 Å². The third-order valence-electron chi connectivity index (χ3n) is 4.20. The molecule has 5 nitrogen and oxygen atoms in total. The molecular formula is C19H29N5. The summed E-state index contributed by atoms with van der Waals surface area (Å²) in [5.41, 5.74) is 3.42. The Morgan fingerprint density at radius 1 is 0.958 bits per heavy atom. The van der Waals surface area contributed by atoms with Crippen LogP contribution in [0.3, 0.4) is 0 Å². The van der Waals surface area contributed by atoms with Crippen LogP contribution in [0, 0.1) is 20.8 Å². The lowest BCUT2D eigenvalue weighted by Gasteiger charge is -2.17. The summed E-state index contributed by atoms with van der Waals surface area (Å²) < 4.78 is 0. The van der Waals surface area contributed by atoms with Crippen LogP contribution in [0.1, 0.15) is 56.5 Å². The monoisotopic (exact) mass is 327 g/mol. The number of nitrogens with zero attached hydrogens (tertiary/aromatic N) is 3. The number of hydrogen-bond donors (Lipinski definition) is 2. The number of hydrogen-bond acceptors (Lipinski definition) is 5. The molecule has 0 aliphatic rings.